The normalized spacial score (nSPS) is 10.6. The summed E-state index contributed by atoms with van der Waals surface area (Å²) in [5.74, 6) is 0. The Labute approximate surface area is 111 Å². The van der Waals surface area contributed by atoms with Crippen LogP contribution in [0.2, 0.25) is 0 Å². The van der Waals surface area contributed by atoms with Gasteiger partial charge in [-0.1, -0.05) is 63.2 Å². The molecule has 0 atom stereocenters. The molecule has 18 heavy (non-hydrogen) atoms. The van der Waals surface area contributed by atoms with Crippen LogP contribution in [-0.2, 0) is 19.3 Å². The summed E-state index contributed by atoms with van der Waals surface area (Å²) in [7, 11) is 0. The van der Waals surface area contributed by atoms with Gasteiger partial charge in [-0.25, -0.2) is 0 Å². The molecule has 94 valence electrons. The van der Waals surface area contributed by atoms with Gasteiger partial charge in [-0.05, 0) is 47.1 Å². The lowest BCUT2D eigenvalue weighted by atomic mass is 9.94. The van der Waals surface area contributed by atoms with E-state index in [9.17, 15) is 0 Å². The maximum absolute atomic E-state index is 2.34. The lowest BCUT2D eigenvalue weighted by Gasteiger charge is -2.11. The Hall–Kier alpha value is -1.56. The van der Waals surface area contributed by atoms with Gasteiger partial charge in [-0.15, -0.1) is 0 Å². The first-order valence-corrected chi connectivity index (χ1v) is 6.99. The maximum Gasteiger partial charge on any atom is -0.0152 e. The predicted octanol–water partition coefficient (Wildman–Crippen LogP) is 5.04. The molecule has 0 radical (unpaired) electrons. The van der Waals surface area contributed by atoms with Gasteiger partial charge in [-0.2, -0.15) is 0 Å². The van der Waals surface area contributed by atoms with Crippen molar-refractivity contribution in [2.45, 2.75) is 40.0 Å². The summed E-state index contributed by atoms with van der Waals surface area (Å²) in [6.07, 6.45) is 3.30. The van der Waals surface area contributed by atoms with Gasteiger partial charge >= 0.3 is 0 Å². The minimum absolute atomic E-state index is 1.09. The SMILES string of the molecule is CCc1cc(CC)cc(-c2ccccc2CC)c1. The van der Waals surface area contributed by atoms with Crippen molar-refractivity contribution in [2.75, 3.05) is 0 Å². The molecule has 2 rings (SSSR count). The van der Waals surface area contributed by atoms with Crippen molar-refractivity contribution in [3.63, 3.8) is 0 Å². The third-order valence-electron chi connectivity index (χ3n) is 3.58. The number of aryl methyl sites for hydroxylation is 3. The van der Waals surface area contributed by atoms with Crippen LogP contribution in [0.3, 0.4) is 0 Å². The molecule has 0 bridgehead atoms. The van der Waals surface area contributed by atoms with Crippen LogP contribution in [0.15, 0.2) is 42.5 Å². The summed E-state index contributed by atoms with van der Waals surface area (Å²) in [6, 6.07) is 15.8. The Bertz CT molecular complexity index is 501. The highest BCUT2D eigenvalue weighted by Crippen LogP contribution is 2.26. The van der Waals surface area contributed by atoms with E-state index in [0.29, 0.717) is 0 Å². The summed E-state index contributed by atoms with van der Waals surface area (Å²) in [5, 5.41) is 0. The molecule has 0 N–H and O–H groups in total. The first kappa shape index (κ1) is 12.9. The van der Waals surface area contributed by atoms with Gasteiger partial charge in [0.2, 0.25) is 0 Å². The topological polar surface area (TPSA) is 0 Å². The van der Waals surface area contributed by atoms with Crippen molar-refractivity contribution in [3.8, 4) is 11.1 Å². The molecule has 0 aliphatic heterocycles. The highest BCUT2D eigenvalue weighted by molar-refractivity contribution is 5.69. The van der Waals surface area contributed by atoms with E-state index in [1.165, 1.54) is 27.8 Å². The molecule has 0 unspecified atom stereocenters. The molecule has 0 heterocycles. The fourth-order valence-corrected chi connectivity index (χ4v) is 2.44. The van der Waals surface area contributed by atoms with Gasteiger partial charge in [0.05, 0.1) is 0 Å². The van der Waals surface area contributed by atoms with Gasteiger partial charge in [0.1, 0.15) is 0 Å². The summed E-state index contributed by atoms with van der Waals surface area (Å²) < 4.78 is 0. The standard InChI is InChI=1S/C18H22/c1-4-14-11-15(5-2)13-17(12-14)18-10-8-7-9-16(18)6-3/h7-13H,4-6H2,1-3H3. The Kier molecular flexibility index (Phi) is 4.19. The van der Waals surface area contributed by atoms with Crippen LogP contribution in [0.4, 0.5) is 0 Å². The Morgan fingerprint density at radius 2 is 1.33 bits per heavy atom. The van der Waals surface area contributed by atoms with Gasteiger partial charge in [0.15, 0.2) is 0 Å². The Morgan fingerprint density at radius 1 is 0.722 bits per heavy atom. The molecule has 0 spiro atoms. The van der Waals surface area contributed by atoms with E-state index >= 15 is 0 Å². The van der Waals surface area contributed by atoms with Crippen LogP contribution in [-0.4, -0.2) is 0 Å². The Balaban J connectivity index is 2.55. The lowest BCUT2D eigenvalue weighted by molar-refractivity contribution is 1.08. The van der Waals surface area contributed by atoms with Gasteiger partial charge in [0, 0.05) is 0 Å². The number of hydrogen-bond donors (Lipinski definition) is 0. The predicted molar refractivity (Wildman–Crippen MR) is 80.0 cm³/mol. The van der Waals surface area contributed by atoms with E-state index in [2.05, 4.69) is 63.2 Å². The molecule has 0 nitrogen and oxygen atoms in total. The van der Waals surface area contributed by atoms with Crippen LogP contribution in [0, 0.1) is 0 Å². The second-order valence-electron chi connectivity index (χ2n) is 4.76. The van der Waals surface area contributed by atoms with Crippen molar-refractivity contribution in [1.82, 2.24) is 0 Å². The smallest absolute Gasteiger partial charge is 0.0152 e. The van der Waals surface area contributed by atoms with E-state index in [-0.39, 0.29) is 0 Å². The summed E-state index contributed by atoms with van der Waals surface area (Å²) in [4.78, 5) is 0. The molecule has 0 amide bonds. The summed E-state index contributed by atoms with van der Waals surface area (Å²) in [5.41, 5.74) is 7.09. The van der Waals surface area contributed by atoms with Crippen LogP contribution in [0.1, 0.15) is 37.5 Å². The highest BCUT2D eigenvalue weighted by Gasteiger charge is 2.05. The molecule has 2 aromatic carbocycles. The average molecular weight is 238 g/mol. The summed E-state index contributed by atoms with van der Waals surface area (Å²) >= 11 is 0. The zero-order valence-corrected chi connectivity index (χ0v) is 11.7. The van der Waals surface area contributed by atoms with E-state index in [1.54, 1.807) is 0 Å². The molecule has 0 saturated heterocycles. The first-order valence-electron chi connectivity index (χ1n) is 6.99. The van der Waals surface area contributed by atoms with Gasteiger partial charge < -0.3 is 0 Å². The first-order chi connectivity index (χ1) is 8.78. The monoisotopic (exact) mass is 238 g/mol. The molecule has 0 saturated carbocycles. The molecule has 0 aliphatic carbocycles. The van der Waals surface area contributed by atoms with Crippen LogP contribution >= 0.6 is 0 Å². The van der Waals surface area contributed by atoms with Gasteiger partial charge in [0.25, 0.3) is 0 Å². The second-order valence-corrected chi connectivity index (χ2v) is 4.76. The van der Waals surface area contributed by atoms with Crippen LogP contribution in [0.5, 0.6) is 0 Å². The van der Waals surface area contributed by atoms with E-state index in [0.717, 1.165) is 19.3 Å². The zero-order valence-electron chi connectivity index (χ0n) is 11.7. The largest absolute Gasteiger partial charge is 0.0620 e. The minimum Gasteiger partial charge on any atom is -0.0620 e. The molecule has 0 aromatic heterocycles. The van der Waals surface area contributed by atoms with E-state index in [1.807, 2.05) is 0 Å². The quantitative estimate of drug-likeness (QED) is 0.700. The van der Waals surface area contributed by atoms with E-state index < -0.39 is 0 Å². The molecule has 2 aromatic rings. The van der Waals surface area contributed by atoms with Crippen LogP contribution in [0.25, 0.3) is 11.1 Å². The van der Waals surface area contributed by atoms with Crippen molar-refractivity contribution < 1.29 is 0 Å². The van der Waals surface area contributed by atoms with Crippen molar-refractivity contribution in [1.29, 1.82) is 0 Å². The number of benzene rings is 2. The molecule has 0 aliphatic rings. The third-order valence-corrected chi connectivity index (χ3v) is 3.58. The molecular weight excluding hydrogens is 216 g/mol. The molecular formula is C18H22. The Morgan fingerprint density at radius 3 is 1.89 bits per heavy atom. The highest BCUT2D eigenvalue weighted by atomic mass is 14.1. The number of hydrogen-bond acceptors (Lipinski definition) is 0. The zero-order chi connectivity index (χ0) is 13.0. The average Bonchev–Trinajstić information content (AvgIpc) is 2.46. The van der Waals surface area contributed by atoms with Gasteiger partial charge in [-0.3, -0.25) is 0 Å². The fourth-order valence-electron chi connectivity index (χ4n) is 2.44. The third kappa shape index (κ3) is 2.64. The van der Waals surface area contributed by atoms with Crippen molar-refractivity contribution in [3.05, 3.63) is 59.2 Å². The maximum atomic E-state index is 2.34. The summed E-state index contributed by atoms with van der Waals surface area (Å²) in [6.45, 7) is 6.68. The molecule has 0 fully saturated rings. The second kappa shape index (κ2) is 5.86. The minimum atomic E-state index is 1.09. The number of rotatable bonds is 4. The van der Waals surface area contributed by atoms with Crippen molar-refractivity contribution in [2.24, 2.45) is 0 Å². The van der Waals surface area contributed by atoms with Crippen LogP contribution < -0.4 is 0 Å². The lowest BCUT2D eigenvalue weighted by Crippen LogP contribution is -1.92. The van der Waals surface area contributed by atoms with Crippen molar-refractivity contribution >= 4 is 0 Å². The molecule has 0 heteroatoms. The van der Waals surface area contributed by atoms with E-state index in [4.69, 9.17) is 0 Å². The fraction of sp³-hybridized carbons (Fsp3) is 0.333.